The van der Waals surface area contributed by atoms with E-state index in [2.05, 4.69) is 15.9 Å². The highest BCUT2D eigenvalue weighted by atomic mass is 35.5. The topological polar surface area (TPSA) is 56.7 Å². The van der Waals surface area contributed by atoms with E-state index >= 15 is 4.39 Å². The molecule has 5 nitrogen and oxygen atoms in total. The molecule has 0 aliphatic carbocycles. The van der Waals surface area contributed by atoms with Gasteiger partial charge in [-0.3, -0.25) is 4.79 Å². The van der Waals surface area contributed by atoms with E-state index in [-0.39, 0.29) is 39.8 Å². The maximum absolute atomic E-state index is 15.9. The molecule has 0 radical (unpaired) electrons. The predicted molar refractivity (Wildman–Crippen MR) is 131 cm³/mol. The van der Waals surface area contributed by atoms with Crippen LogP contribution in [-0.2, 0) is 4.79 Å². The third-order valence-corrected chi connectivity index (χ3v) is 7.97. The molecule has 2 atom stereocenters. The van der Waals surface area contributed by atoms with Gasteiger partial charge in [-0.1, -0.05) is 42.4 Å². The standard InChI is InChI=1S/C25H19ClFN3O2S/c1-2-21(32)30-12-20-19(30)7-8-29(20)25-17-11-18(26)22(23(27)24(17)28-33-25)16-10-14(31)9-13-5-3-4-6-15(13)16/h2-6,9-11,19-20,31H,1,7-8,12H2. The van der Waals surface area contributed by atoms with Gasteiger partial charge in [-0.15, -0.1) is 0 Å². The van der Waals surface area contributed by atoms with Crippen LogP contribution >= 0.6 is 23.1 Å². The molecule has 3 aromatic carbocycles. The molecule has 6 rings (SSSR count). The number of carbonyl (C=O) groups excluding carboxylic acids is 1. The second kappa shape index (κ2) is 7.43. The lowest BCUT2D eigenvalue weighted by Crippen LogP contribution is -2.63. The number of hydrogen-bond acceptors (Lipinski definition) is 5. The number of aromatic nitrogens is 1. The van der Waals surface area contributed by atoms with Crippen LogP contribution in [0.5, 0.6) is 5.75 Å². The zero-order chi connectivity index (χ0) is 22.9. The van der Waals surface area contributed by atoms with Crippen LogP contribution in [0.15, 0.2) is 55.1 Å². The number of phenols is 1. The van der Waals surface area contributed by atoms with Crippen LogP contribution in [0.2, 0.25) is 5.02 Å². The highest BCUT2D eigenvalue weighted by Crippen LogP contribution is 2.46. The van der Waals surface area contributed by atoms with Crippen LogP contribution in [0.1, 0.15) is 6.42 Å². The van der Waals surface area contributed by atoms with E-state index in [0.717, 1.165) is 28.7 Å². The second-order valence-electron chi connectivity index (χ2n) is 8.46. The first-order valence-corrected chi connectivity index (χ1v) is 11.8. The Morgan fingerprint density at radius 3 is 2.88 bits per heavy atom. The summed E-state index contributed by atoms with van der Waals surface area (Å²) in [6, 6.07) is 12.8. The zero-order valence-corrected chi connectivity index (χ0v) is 19.0. The maximum Gasteiger partial charge on any atom is 0.246 e. The number of phenolic OH excluding ortho intramolecular Hbond substituents is 1. The van der Waals surface area contributed by atoms with Gasteiger partial charge in [-0.2, -0.15) is 4.37 Å². The van der Waals surface area contributed by atoms with E-state index in [4.69, 9.17) is 11.6 Å². The summed E-state index contributed by atoms with van der Waals surface area (Å²) in [6.45, 7) is 4.97. The molecule has 2 saturated heterocycles. The van der Waals surface area contributed by atoms with Crippen molar-refractivity contribution in [3.8, 4) is 16.9 Å². The summed E-state index contributed by atoms with van der Waals surface area (Å²) >= 11 is 7.92. The van der Waals surface area contributed by atoms with Crippen molar-refractivity contribution in [3.63, 3.8) is 0 Å². The molecule has 2 unspecified atom stereocenters. The Hall–Kier alpha value is -3.16. The molecule has 1 amide bonds. The lowest BCUT2D eigenvalue weighted by atomic mass is 9.96. The van der Waals surface area contributed by atoms with Crippen LogP contribution < -0.4 is 4.90 Å². The average Bonchev–Trinajstić information content (AvgIpc) is 3.34. The van der Waals surface area contributed by atoms with E-state index in [9.17, 15) is 9.90 Å². The Morgan fingerprint density at radius 2 is 2.06 bits per heavy atom. The fraction of sp³-hybridized carbons (Fsp3) is 0.200. The van der Waals surface area contributed by atoms with Crippen molar-refractivity contribution in [1.82, 2.24) is 9.27 Å². The van der Waals surface area contributed by atoms with Crippen LogP contribution in [0.25, 0.3) is 32.8 Å². The first kappa shape index (κ1) is 20.4. The van der Waals surface area contributed by atoms with Crippen molar-refractivity contribution < 1.29 is 14.3 Å². The van der Waals surface area contributed by atoms with Gasteiger partial charge in [0.25, 0.3) is 0 Å². The minimum Gasteiger partial charge on any atom is -0.508 e. The first-order chi connectivity index (χ1) is 16.0. The van der Waals surface area contributed by atoms with Gasteiger partial charge in [-0.05, 0) is 58.6 Å². The second-order valence-corrected chi connectivity index (χ2v) is 9.62. The number of hydrogen-bond donors (Lipinski definition) is 1. The SMILES string of the molecule is C=CC(=O)N1CC2C1CCN2c1snc2c(F)c(-c3cc(O)cc4ccccc34)c(Cl)cc12. The Morgan fingerprint density at radius 1 is 1.24 bits per heavy atom. The van der Waals surface area contributed by atoms with Crippen molar-refractivity contribution >= 4 is 55.7 Å². The zero-order valence-electron chi connectivity index (χ0n) is 17.5. The number of anilines is 1. The minimum absolute atomic E-state index is 0.0462. The number of likely N-dealkylation sites (tertiary alicyclic amines) is 1. The fourth-order valence-corrected chi connectivity index (χ4v) is 6.43. The van der Waals surface area contributed by atoms with Gasteiger partial charge in [0.2, 0.25) is 5.91 Å². The van der Waals surface area contributed by atoms with Crippen LogP contribution in [-0.4, -0.2) is 45.5 Å². The summed E-state index contributed by atoms with van der Waals surface area (Å²) in [5.41, 5.74) is 1.03. The first-order valence-electron chi connectivity index (χ1n) is 10.7. The smallest absolute Gasteiger partial charge is 0.246 e. The molecule has 1 N–H and O–H groups in total. The van der Waals surface area contributed by atoms with Crippen molar-refractivity contribution in [2.75, 3.05) is 18.0 Å². The maximum atomic E-state index is 15.9. The Kier molecular flexibility index (Phi) is 4.61. The van der Waals surface area contributed by atoms with Gasteiger partial charge in [0.1, 0.15) is 16.3 Å². The molecule has 2 fully saturated rings. The number of carbonyl (C=O) groups is 1. The molecule has 8 heteroatoms. The summed E-state index contributed by atoms with van der Waals surface area (Å²) in [5.74, 6) is -0.502. The van der Waals surface area contributed by atoms with Crippen molar-refractivity contribution in [2.24, 2.45) is 0 Å². The van der Waals surface area contributed by atoms with E-state index in [1.807, 2.05) is 29.2 Å². The molecule has 1 aromatic heterocycles. The highest BCUT2D eigenvalue weighted by Gasteiger charge is 2.49. The number of nitrogens with zero attached hydrogens (tertiary/aromatic N) is 3. The molecule has 4 aromatic rings. The lowest BCUT2D eigenvalue weighted by Gasteiger charge is -2.46. The summed E-state index contributed by atoms with van der Waals surface area (Å²) in [5, 5.41) is 13.6. The number of amides is 1. The van der Waals surface area contributed by atoms with Gasteiger partial charge < -0.3 is 14.9 Å². The molecular weight excluding hydrogens is 461 g/mol. The van der Waals surface area contributed by atoms with Gasteiger partial charge >= 0.3 is 0 Å². The van der Waals surface area contributed by atoms with E-state index in [1.54, 1.807) is 12.1 Å². The molecule has 33 heavy (non-hydrogen) atoms. The molecule has 0 spiro atoms. The molecule has 0 saturated carbocycles. The van der Waals surface area contributed by atoms with Gasteiger partial charge in [-0.25, -0.2) is 4.39 Å². The highest BCUT2D eigenvalue weighted by molar-refractivity contribution is 7.11. The Labute approximate surface area is 198 Å². The number of rotatable bonds is 3. The number of halogens is 2. The summed E-state index contributed by atoms with van der Waals surface area (Å²) in [4.78, 5) is 16.1. The van der Waals surface area contributed by atoms with Crippen LogP contribution in [0, 0.1) is 5.82 Å². The quantitative estimate of drug-likeness (QED) is 0.389. The molecule has 2 aliphatic rings. The van der Waals surface area contributed by atoms with Crippen molar-refractivity contribution in [2.45, 2.75) is 18.5 Å². The number of aromatic hydroxyl groups is 1. The van der Waals surface area contributed by atoms with Gasteiger partial charge in [0.05, 0.1) is 17.1 Å². The van der Waals surface area contributed by atoms with Crippen molar-refractivity contribution in [3.05, 3.63) is 66.0 Å². The third-order valence-electron chi connectivity index (χ3n) is 6.78. The summed E-state index contributed by atoms with van der Waals surface area (Å²) in [6.07, 6.45) is 2.20. The predicted octanol–water partition coefficient (Wildman–Crippen LogP) is 5.59. The molecular formula is C25H19ClFN3O2S. The van der Waals surface area contributed by atoms with Crippen LogP contribution in [0.4, 0.5) is 9.39 Å². The normalized spacial score (nSPS) is 19.7. The molecule has 0 bridgehead atoms. The fourth-order valence-electron chi connectivity index (χ4n) is 5.20. The van der Waals surface area contributed by atoms with Gasteiger partial charge in [0, 0.05) is 24.0 Å². The average molecular weight is 480 g/mol. The monoisotopic (exact) mass is 479 g/mol. The molecule has 2 aliphatic heterocycles. The van der Waals surface area contributed by atoms with E-state index in [1.165, 1.54) is 23.7 Å². The molecule has 166 valence electrons. The lowest BCUT2D eigenvalue weighted by molar-refractivity contribution is -0.133. The van der Waals surface area contributed by atoms with Crippen molar-refractivity contribution in [1.29, 1.82) is 0 Å². The summed E-state index contributed by atoms with van der Waals surface area (Å²) < 4.78 is 20.3. The Balaban J connectivity index is 1.45. The van der Waals surface area contributed by atoms with Gasteiger partial charge in [0.15, 0.2) is 5.82 Å². The summed E-state index contributed by atoms with van der Waals surface area (Å²) in [7, 11) is 0. The molecule has 3 heterocycles. The number of fused-ring (bicyclic) bond motifs is 3. The number of benzene rings is 3. The van der Waals surface area contributed by atoms with Crippen LogP contribution in [0.3, 0.4) is 0 Å². The largest absolute Gasteiger partial charge is 0.508 e. The van der Waals surface area contributed by atoms with E-state index < -0.39 is 5.82 Å². The third kappa shape index (κ3) is 2.96. The van der Waals surface area contributed by atoms with E-state index in [0.29, 0.717) is 17.5 Å². The Bertz CT molecular complexity index is 1470. The minimum atomic E-state index is -0.497.